The number of nitrogens with zero attached hydrogens (tertiary/aromatic N) is 1. The zero-order chi connectivity index (χ0) is 13.7. The number of benzene rings is 1. The second-order valence-corrected chi connectivity index (χ2v) is 5.40. The first-order chi connectivity index (χ1) is 9.15. The lowest BCUT2D eigenvalue weighted by Crippen LogP contribution is -2.12. The van der Waals surface area contributed by atoms with Crippen molar-refractivity contribution in [2.75, 3.05) is 18.5 Å². The molecule has 0 aliphatic rings. The van der Waals surface area contributed by atoms with Crippen LogP contribution >= 0.6 is 27.5 Å². The number of pyridine rings is 1. The molecule has 1 aromatic heterocycles. The Balaban J connectivity index is 1.81. The summed E-state index contributed by atoms with van der Waals surface area (Å²) >= 11 is 9.37. The van der Waals surface area contributed by atoms with E-state index >= 15 is 0 Å². The molecule has 0 aliphatic carbocycles. The van der Waals surface area contributed by atoms with E-state index in [4.69, 9.17) is 16.3 Å². The Morgan fingerprint density at radius 2 is 2.21 bits per heavy atom. The van der Waals surface area contributed by atoms with Crippen molar-refractivity contribution in [3.8, 4) is 5.75 Å². The number of ether oxygens (including phenoxy) is 1. The van der Waals surface area contributed by atoms with E-state index in [2.05, 4.69) is 26.2 Å². The lowest BCUT2D eigenvalue weighted by molar-refractivity contribution is 0.332. The first-order valence-corrected chi connectivity index (χ1v) is 7.06. The summed E-state index contributed by atoms with van der Waals surface area (Å²) in [5, 5.41) is 3.72. The molecule has 2 rings (SSSR count). The lowest BCUT2D eigenvalue weighted by Gasteiger charge is -2.09. The monoisotopic (exact) mass is 340 g/mol. The van der Waals surface area contributed by atoms with Crippen molar-refractivity contribution in [1.29, 1.82) is 0 Å². The molecular formula is C14H14BrClN2O. The molecule has 0 bridgehead atoms. The highest BCUT2D eigenvalue weighted by Crippen LogP contribution is 2.22. The van der Waals surface area contributed by atoms with Gasteiger partial charge in [-0.3, -0.25) is 0 Å². The molecule has 0 saturated heterocycles. The number of aryl methyl sites for hydroxylation is 1. The van der Waals surface area contributed by atoms with E-state index in [0.29, 0.717) is 24.0 Å². The molecule has 1 aromatic carbocycles. The largest absolute Gasteiger partial charge is 0.492 e. The Kier molecular flexibility index (Phi) is 5.05. The van der Waals surface area contributed by atoms with E-state index in [-0.39, 0.29) is 0 Å². The molecule has 0 unspecified atom stereocenters. The molecule has 3 nitrogen and oxygen atoms in total. The summed E-state index contributed by atoms with van der Waals surface area (Å²) in [6.07, 6.45) is 1.70. The fourth-order valence-electron chi connectivity index (χ4n) is 1.59. The van der Waals surface area contributed by atoms with Gasteiger partial charge in [-0.15, -0.1) is 0 Å². The second-order valence-electron chi connectivity index (χ2n) is 4.08. The summed E-state index contributed by atoms with van der Waals surface area (Å²) in [6.45, 7) is 3.23. The van der Waals surface area contributed by atoms with Crippen LogP contribution in [0.5, 0.6) is 5.75 Å². The van der Waals surface area contributed by atoms with Crippen molar-refractivity contribution in [2.45, 2.75) is 6.92 Å². The molecule has 0 spiro atoms. The Labute approximate surface area is 126 Å². The lowest BCUT2D eigenvalue weighted by atomic mass is 10.2. The highest BCUT2D eigenvalue weighted by Gasteiger charge is 2.01. The number of rotatable bonds is 5. The topological polar surface area (TPSA) is 34.1 Å². The van der Waals surface area contributed by atoms with E-state index in [9.17, 15) is 0 Å². The Hall–Kier alpha value is -1.26. The van der Waals surface area contributed by atoms with E-state index in [1.54, 1.807) is 12.3 Å². The molecule has 1 N–H and O–H groups in total. The number of aromatic nitrogens is 1. The fraction of sp³-hybridized carbons (Fsp3) is 0.214. The normalized spacial score (nSPS) is 10.3. The Bertz CT molecular complexity index is 563. The molecule has 19 heavy (non-hydrogen) atoms. The van der Waals surface area contributed by atoms with Gasteiger partial charge in [0, 0.05) is 10.7 Å². The number of hydrogen-bond donors (Lipinski definition) is 1. The number of halogens is 2. The zero-order valence-corrected chi connectivity index (χ0v) is 12.8. The second kappa shape index (κ2) is 6.78. The van der Waals surface area contributed by atoms with Crippen LogP contribution in [0.15, 0.2) is 41.0 Å². The minimum atomic E-state index is 0.553. The molecule has 0 atom stereocenters. The van der Waals surface area contributed by atoms with Crippen LogP contribution in [0.2, 0.25) is 5.02 Å². The van der Waals surface area contributed by atoms with Crippen molar-refractivity contribution in [2.24, 2.45) is 0 Å². The molecular weight excluding hydrogens is 328 g/mol. The van der Waals surface area contributed by atoms with Gasteiger partial charge in [-0.1, -0.05) is 23.7 Å². The average Bonchev–Trinajstić information content (AvgIpc) is 2.37. The number of anilines is 1. The van der Waals surface area contributed by atoms with Gasteiger partial charge in [0.2, 0.25) is 0 Å². The summed E-state index contributed by atoms with van der Waals surface area (Å²) in [6, 6.07) is 9.77. The van der Waals surface area contributed by atoms with Crippen molar-refractivity contribution in [1.82, 2.24) is 4.98 Å². The summed E-state index contributed by atoms with van der Waals surface area (Å²) in [5.74, 6) is 1.54. The van der Waals surface area contributed by atoms with E-state index in [1.807, 2.05) is 31.2 Å². The third kappa shape index (κ3) is 4.40. The van der Waals surface area contributed by atoms with Gasteiger partial charge < -0.3 is 10.1 Å². The van der Waals surface area contributed by atoms with Crippen LogP contribution in [-0.2, 0) is 0 Å². The quantitative estimate of drug-likeness (QED) is 0.824. The van der Waals surface area contributed by atoms with E-state index in [0.717, 1.165) is 10.2 Å². The van der Waals surface area contributed by atoms with Gasteiger partial charge in [-0.2, -0.15) is 0 Å². The highest BCUT2D eigenvalue weighted by atomic mass is 79.9. The maximum absolute atomic E-state index is 6.05. The average molecular weight is 342 g/mol. The van der Waals surface area contributed by atoms with Gasteiger partial charge in [-0.05, 0) is 46.6 Å². The highest BCUT2D eigenvalue weighted by molar-refractivity contribution is 9.10. The molecule has 0 radical (unpaired) electrons. The first kappa shape index (κ1) is 14.2. The number of nitrogens with one attached hydrogen (secondary N) is 1. The SMILES string of the molecule is Cc1cccc(OCCNc2ncc(Br)cc2Cl)c1. The molecule has 0 fully saturated rings. The maximum Gasteiger partial charge on any atom is 0.144 e. The van der Waals surface area contributed by atoms with Crippen molar-refractivity contribution < 1.29 is 4.74 Å². The Morgan fingerprint density at radius 3 is 2.95 bits per heavy atom. The fourth-order valence-corrected chi connectivity index (χ4v) is 2.28. The molecule has 0 saturated carbocycles. The Morgan fingerprint density at radius 1 is 1.37 bits per heavy atom. The van der Waals surface area contributed by atoms with Gasteiger partial charge in [0.15, 0.2) is 0 Å². The minimum Gasteiger partial charge on any atom is -0.492 e. The van der Waals surface area contributed by atoms with Crippen LogP contribution in [-0.4, -0.2) is 18.1 Å². The minimum absolute atomic E-state index is 0.553. The third-order valence-electron chi connectivity index (χ3n) is 2.46. The van der Waals surface area contributed by atoms with Gasteiger partial charge in [-0.25, -0.2) is 4.98 Å². The number of hydrogen-bond acceptors (Lipinski definition) is 3. The molecule has 5 heteroatoms. The predicted molar refractivity (Wildman–Crippen MR) is 82.1 cm³/mol. The summed E-state index contributed by atoms with van der Waals surface area (Å²) in [5.41, 5.74) is 1.18. The molecule has 0 aliphatic heterocycles. The summed E-state index contributed by atoms with van der Waals surface area (Å²) in [7, 11) is 0. The molecule has 1 heterocycles. The van der Waals surface area contributed by atoms with Gasteiger partial charge in [0.1, 0.15) is 18.2 Å². The third-order valence-corrected chi connectivity index (χ3v) is 3.18. The predicted octanol–water partition coefficient (Wildman–Crippen LogP) is 4.30. The summed E-state index contributed by atoms with van der Waals surface area (Å²) in [4.78, 5) is 4.19. The van der Waals surface area contributed by atoms with Crippen LogP contribution < -0.4 is 10.1 Å². The molecule has 2 aromatic rings. The van der Waals surface area contributed by atoms with Crippen molar-refractivity contribution in [3.05, 3.63) is 51.6 Å². The standard InChI is InChI=1S/C14H14BrClN2O/c1-10-3-2-4-12(7-10)19-6-5-17-14-13(16)8-11(15)9-18-14/h2-4,7-9H,5-6H2,1H3,(H,17,18). The van der Waals surface area contributed by atoms with Crippen LogP contribution in [0, 0.1) is 6.92 Å². The van der Waals surface area contributed by atoms with E-state index in [1.165, 1.54) is 5.56 Å². The van der Waals surface area contributed by atoms with Crippen LogP contribution in [0.1, 0.15) is 5.56 Å². The van der Waals surface area contributed by atoms with Gasteiger partial charge in [0.25, 0.3) is 0 Å². The zero-order valence-electron chi connectivity index (χ0n) is 10.5. The van der Waals surface area contributed by atoms with Crippen LogP contribution in [0.25, 0.3) is 0 Å². The van der Waals surface area contributed by atoms with Gasteiger partial charge >= 0.3 is 0 Å². The molecule has 100 valence electrons. The summed E-state index contributed by atoms with van der Waals surface area (Å²) < 4.78 is 6.49. The van der Waals surface area contributed by atoms with Crippen molar-refractivity contribution >= 4 is 33.3 Å². The van der Waals surface area contributed by atoms with Crippen LogP contribution in [0.3, 0.4) is 0 Å². The smallest absolute Gasteiger partial charge is 0.144 e. The van der Waals surface area contributed by atoms with Crippen LogP contribution in [0.4, 0.5) is 5.82 Å². The van der Waals surface area contributed by atoms with Gasteiger partial charge in [0.05, 0.1) is 11.6 Å². The maximum atomic E-state index is 6.05. The van der Waals surface area contributed by atoms with Crippen molar-refractivity contribution in [3.63, 3.8) is 0 Å². The first-order valence-electron chi connectivity index (χ1n) is 5.89. The van der Waals surface area contributed by atoms with E-state index < -0.39 is 0 Å². The molecule has 0 amide bonds.